The highest BCUT2D eigenvalue weighted by Gasteiger charge is 2.27. The van der Waals surface area contributed by atoms with Crippen LogP contribution in [0, 0.1) is 0 Å². The molecule has 6 rings (SSSR count). The Morgan fingerprint density at radius 2 is 1.81 bits per heavy atom. The summed E-state index contributed by atoms with van der Waals surface area (Å²) in [5.74, 6) is 1.92. The Labute approximate surface area is 213 Å². The lowest BCUT2D eigenvalue weighted by atomic mass is 10.1. The second-order valence-electron chi connectivity index (χ2n) is 9.53. The Bertz CT molecular complexity index is 1660. The molecule has 0 radical (unpaired) electrons. The molecular formula is C27H29N7O3. The van der Waals surface area contributed by atoms with Crippen molar-refractivity contribution in [2.24, 2.45) is 17.8 Å². The van der Waals surface area contributed by atoms with Crippen molar-refractivity contribution in [2.75, 3.05) is 18.0 Å². The fourth-order valence-electron chi connectivity index (χ4n) is 5.26. The monoisotopic (exact) mass is 499 g/mol. The summed E-state index contributed by atoms with van der Waals surface area (Å²) in [5, 5.41) is 0. The lowest BCUT2D eigenvalue weighted by Crippen LogP contribution is -2.44. The van der Waals surface area contributed by atoms with Crippen molar-refractivity contribution in [1.82, 2.24) is 18.7 Å². The molecule has 2 aliphatic rings. The summed E-state index contributed by atoms with van der Waals surface area (Å²) in [7, 11) is 1.65. The molecule has 37 heavy (non-hydrogen) atoms. The van der Waals surface area contributed by atoms with Crippen molar-refractivity contribution in [3.63, 3.8) is 0 Å². The molecule has 190 valence electrons. The first-order valence-electron chi connectivity index (χ1n) is 12.6. The van der Waals surface area contributed by atoms with Crippen LogP contribution in [0.3, 0.4) is 0 Å². The van der Waals surface area contributed by atoms with Gasteiger partial charge in [-0.25, -0.2) is 9.79 Å². The van der Waals surface area contributed by atoms with E-state index in [9.17, 15) is 9.59 Å². The Morgan fingerprint density at radius 3 is 2.59 bits per heavy atom. The number of ether oxygens (including phenoxy) is 1. The van der Waals surface area contributed by atoms with Crippen LogP contribution in [0.15, 0.2) is 63.1 Å². The number of rotatable bonds is 4. The van der Waals surface area contributed by atoms with E-state index < -0.39 is 11.2 Å². The number of para-hydroxylation sites is 3. The largest absolute Gasteiger partial charge is 0.454 e. The first-order valence-corrected chi connectivity index (χ1v) is 12.6. The van der Waals surface area contributed by atoms with Gasteiger partial charge in [-0.15, -0.1) is 0 Å². The molecular weight excluding hydrogens is 470 g/mol. The van der Waals surface area contributed by atoms with E-state index in [-0.39, 0.29) is 12.6 Å². The minimum atomic E-state index is -0.446. The quantitative estimate of drug-likeness (QED) is 0.462. The zero-order valence-electron chi connectivity index (χ0n) is 20.9. The van der Waals surface area contributed by atoms with E-state index in [2.05, 4.69) is 4.90 Å². The van der Waals surface area contributed by atoms with E-state index >= 15 is 0 Å². The molecule has 1 atom stereocenters. The van der Waals surface area contributed by atoms with Gasteiger partial charge in [0.15, 0.2) is 16.9 Å². The normalized spacial score (nSPS) is 17.1. The van der Waals surface area contributed by atoms with Crippen LogP contribution >= 0.6 is 0 Å². The summed E-state index contributed by atoms with van der Waals surface area (Å²) in [6.45, 7) is 3.98. The number of imidazole rings is 1. The van der Waals surface area contributed by atoms with Gasteiger partial charge in [-0.05, 0) is 44.0 Å². The first kappa shape index (κ1) is 23.2. The third-order valence-electron chi connectivity index (χ3n) is 7.12. The molecule has 0 spiro atoms. The Hall–Kier alpha value is -4.18. The summed E-state index contributed by atoms with van der Waals surface area (Å²) in [5.41, 5.74) is 8.11. The van der Waals surface area contributed by atoms with Crippen LogP contribution in [0.5, 0.6) is 11.5 Å². The third-order valence-corrected chi connectivity index (χ3v) is 7.12. The van der Waals surface area contributed by atoms with Gasteiger partial charge in [0.1, 0.15) is 11.4 Å². The zero-order chi connectivity index (χ0) is 25.7. The zero-order valence-corrected chi connectivity index (χ0v) is 20.9. The van der Waals surface area contributed by atoms with E-state index in [0.717, 1.165) is 24.9 Å². The number of piperidine rings is 1. The molecule has 4 heterocycles. The number of anilines is 1. The molecule has 2 aromatic carbocycles. The molecule has 0 amide bonds. The smallest absolute Gasteiger partial charge is 0.332 e. The van der Waals surface area contributed by atoms with Crippen LogP contribution in [0.2, 0.25) is 0 Å². The molecule has 1 saturated heterocycles. The maximum atomic E-state index is 13.9. The summed E-state index contributed by atoms with van der Waals surface area (Å²) >= 11 is 0. The predicted molar refractivity (Wildman–Crippen MR) is 143 cm³/mol. The van der Waals surface area contributed by atoms with Gasteiger partial charge in [0, 0.05) is 38.3 Å². The first-order chi connectivity index (χ1) is 18.0. The molecule has 1 fully saturated rings. The van der Waals surface area contributed by atoms with E-state index in [1.54, 1.807) is 7.05 Å². The lowest BCUT2D eigenvalue weighted by Gasteiger charge is -2.31. The molecule has 2 aromatic heterocycles. The van der Waals surface area contributed by atoms with Crippen LogP contribution in [-0.2, 0) is 20.1 Å². The van der Waals surface area contributed by atoms with Gasteiger partial charge in [-0.2, -0.15) is 4.98 Å². The maximum Gasteiger partial charge on any atom is 0.332 e. The number of nitrogens with zero attached hydrogens (tertiary/aromatic N) is 6. The van der Waals surface area contributed by atoms with E-state index in [1.807, 2.05) is 60.0 Å². The van der Waals surface area contributed by atoms with Crippen LogP contribution in [0.1, 0.15) is 25.3 Å². The van der Waals surface area contributed by atoms with Gasteiger partial charge in [-0.1, -0.05) is 24.3 Å². The SMILES string of the molecule is CCn1c(N2CCC[C@@H](N)C2)nc2c1c(=O)n(CC1=Nc3ccccc3Oc3ccccc31)c(=O)n2C. The second kappa shape index (κ2) is 9.04. The van der Waals surface area contributed by atoms with Crippen molar-refractivity contribution < 1.29 is 4.74 Å². The minimum absolute atomic E-state index is 0.00499. The van der Waals surface area contributed by atoms with Crippen molar-refractivity contribution >= 4 is 28.5 Å². The summed E-state index contributed by atoms with van der Waals surface area (Å²) in [6.07, 6.45) is 1.92. The molecule has 2 aliphatic heterocycles. The number of hydrogen-bond donors (Lipinski definition) is 1. The number of hydrogen-bond acceptors (Lipinski definition) is 7. The molecule has 0 aliphatic carbocycles. The van der Waals surface area contributed by atoms with Crippen LogP contribution in [0.4, 0.5) is 11.6 Å². The number of fused-ring (bicyclic) bond motifs is 3. The van der Waals surface area contributed by atoms with Gasteiger partial charge >= 0.3 is 5.69 Å². The van der Waals surface area contributed by atoms with Crippen molar-refractivity contribution in [3.8, 4) is 11.5 Å². The number of nitrogens with two attached hydrogens (primary N) is 1. The van der Waals surface area contributed by atoms with E-state index in [4.69, 9.17) is 20.4 Å². The second-order valence-corrected chi connectivity index (χ2v) is 9.53. The standard InChI is InChI=1S/C27H29N7O3/c1-3-33-23-24(30-26(33)32-14-8-9-17(28)15-32)31(2)27(36)34(25(23)35)16-20-18-10-4-6-12-21(18)37-22-13-7-5-11-19(22)29-20/h4-7,10-13,17H,3,8-9,14-16,28H2,1-2H3/t17-/m1/s1. The third kappa shape index (κ3) is 3.84. The highest BCUT2D eigenvalue weighted by Crippen LogP contribution is 2.37. The molecule has 0 saturated carbocycles. The summed E-state index contributed by atoms with van der Waals surface area (Å²) in [4.78, 5) is 39.2. The Morgan fingerprint density at radius 1 is 1.05 bits per heavy atom. The van der Waals surface area contributed by atoms with E-state index in [1.165, 1.54) is 9.13 Å². The average molecular weight is 500 g/mol. The topological polar surface area (TPSA) is 113 Å². The predicted octanol–water partition coefficient (Wildman–Crippen LogP) is 2.77. The van der Waals surface area contributed by atoms with E-state index in [0.29, 0.717) is 53.1 Å². The minimum Gasteiger partial charge on any atom is -0.454 e. The maximum absolute atomic E-state index is 13.9. The van der Waals surface area contributed by atoms with Gasteiger partial charge in [0.2, 0.25) is 5.95 Å². The highest BCUT2D eigenvalue weighted by atomic mass is 16.5. The fourth-order valence-corrected chi connectivity index (χ4v) is 5.26. The van der Waals surface area contributed by atoms with Crippen LogP contribution in [0.25, 0.3) is 11.2 Å². The molecule has 4 aromatic rings. The molecule has 0 unspecified atom stereocenters. The Kier molecular flexibility index (Phi) is 5.68. The lowest BCUT2D eigenvalue weighted by molar-refractivity contribution is 0.484. The number of benzene rings is 2. The van der Waals surface area contributed by atoms with Crippen molar-refractivity contribution in [1.29, 1.82) is 0 Å². The van der Waals surface area contributed by atoms with Gasteiger partial charge < -0.3 is 19.9 Å². The van der Waals surface area contributed by atoms with Gasteiger partial charge in [0.25, 0.3) is 5.56 Å². The van der Waals surface area contributed by atoms with Gasteiger partial charge in [-0.3, -0.25) is 13.9 Å². The van der Waals surface area contributed by atoms with Gasteiger partial charge in [0.05, 0.1) is 12.3 Å². The van der Waals surface area contributed by atoms with Crippen molar-refractivity contribution in [2.45, 2.75) is 38.9 Å². The average Bonchev–Trinajstić information content (AvgIpc) is 3.23. The van der Waals surface area contributed by atoms with Crippen LogP contribution < -0.4 is 26.6 Å². The number of aliphatic imine (C=N–C) groups is 1. The molecule has 0 bridgehead atoms. The summed E-state index contributed by atoms with van der Waals surface area (Å²) < 4.78 is 10.7. The highest BCUT2D eigenvalue weighted by molar-refractivity contribution is 6.05. The van der Waals surface area contributed by atoms with Crippen molar-refractivity contribution in [3.05, 3.63) is 74.9 Å². The molecule has 10 nitrogen and oxygen atoms in total. The van der Waals surface area contributed by atoms with Crippen LogP contribution in [-0.4, -0.2) is 43.5 Å². The molecule has 2 N–H and O–H groups in total. The number of aromatic nitrogens is 4. The fraction of sp³-hybridized carbons (Fsp3) is 0.333. The summed E-state index contributed by atoms with van der Waals surface area (Å²) in [6, 6.07) is 15.0. The Balaban J connectivity index is 1.52. The molecule has 10 heteroatoms. The number of aryl methyl sites for hydroxylation is 2.